The molecule has 18 heavy (non-hydrogen) atoms. The SMILES string of the molecule is CCC(CC1CC1)Nc1nnc2ccccc2n1. The molecule has 94 valence electrons. The maximum atomic E-state index is 4.51. The molecule has 3 rings (SSSR count). The Morgan fingerprint density at radius 3 is 2.72 bits per heavy atom. The number of hydrogen-bond donors (Lipinski definition) is 1. The van der Waals surface area contributed by atoms with Crippen molar-refractivity contribution in [2.75, 3.05) is 5.32 Å². The van der Waals surface area contributed by atoms with E-state index in [0.29, 0.717) is 12.0 Å². The molecule has 1 fully saturated rings. The molecule has 0 bridgehead atoms. The van der Waals surface area contributed by atoms with E-state index in [1.165, 1.54) is 19.3 Å². The summed E-state index contributed by atoms with van der Waals surface area (Å²) in [7, 11) is 0. The van der Waals surface area contributed by atoms with E-state index < -0.39 is 0 Å². The zero-order chi connectivity index (χ0) is 12.4. The Kier molecular flexibility index (Phi) is 3.09. The van der Waals surface area contributed by atoms with E-state index in [9.17, 15) is 0 Å². The van der Waals surface area contributed by atoms with Crippen LogP contribution in [0.2, 0.25) is 0 Å². The third-order valence-electron chi connectivity index (χ3n) is 3.50. The predicted molar refractivity (Wildman–Crippen MR) is 72.4 cm³/mol. The Morgan fingerprint density at radius 1 is 1.22 bits per heavy atom. The van der Waals surface area contributed by atoms with Crippen LogP contribution >= 0.6 is 0 Å². The minimum atomic E-state index is 0.473. The van der Waals surface area contributed by atoms with Crippen molar-refractivity contribution in [2.45, 2.75) is 38.6 Å². The first-order valence-corrected chi connectivity index (χ1v) is 6.71. The molecule has 4 nitrogen and oxygen atoms in total. The standard InChI is InChI=1S/C14H18N4/c1-2-11(9-10-7-8-10)15-14-16-12-5-3-4-6-13(12)17-18-14/h3-6,10-11H,2,7-9H2,1H3,(H,15,16,18). The Balaban J connectivity index is 1.76. The largest absolute Gasteiger partial charge is 0.350 e. The number of hydrogen-bond acceptors (Lipinski definition) is 4. The van der Waals surface area contributed by atoms with Gasteiger partial charge in [-0.15, -0.1) is 10.2 Å². The molecule has 1 N–H and O–H groups in total. The highest BCUT2D eigenvalue weighted by Gasteiger charge is 2.25. The van der Waals surface area contributed by atoms with E-state index in [0.717, 1.165) is 23.4 Å². The molecule has 1 aliphatic rings. The molecule has 0 amide bonds. The fourth-order valence-electron chi connectivity index (χ4n) is 2.21. The molecule has 1 aliphatic carbocycles. The molecule has 1 aromatic carbocycles. The average molecular weight is 242 g/mol. The normalized spacial score (nSPS) is 16.7. The Morgan fingerprint density at radius 2 is 2.00 bits per heavy atom. The summed E-state index contributed by atoms with van der Waals surface area (Å²) in [5.41, 5.74) is 1.74. The summed E-state index contributed by atoms with van der Waals surface area (Å²) in [4.78, 5) is 4.51. The van der Waals surface area contributed by atoms with Gasteiger partial charge in [0.15, 0.2) is 0 Å². The Labute approximate surface area is 107 Å². The van der Waals surface area contributed by atoms with Crippen molar-refractivity contribution in [3.05, 3.63) is 24.3 Å². The molecule has 2 aromatic rings. The van der Waals surface area contributed by atoms with Gasteiger partial charge in [0, 0.05) is 6.04 Å². The van der Waals surface area contributed by atoms with Crippen molar-refractivity contribution < 1.29 is 0 Å². The minimum absolute atomic E-state index is 0.473. The van der Waals surface area contributed by atoms with Crippen LogP contribution in [0.3, 0.4) is 0 Å². The molecule has 0 spiro atoms. The quantitative estimate of drug-likeness (QED) is 0.875. The Bertz CT molecular complexity index is 536. The summed E-state index contributed by atoms with van der Waals surface area (Å²) in [5.74, 6) is 1.57. The van der Waals surface area contributed by atoms with Gasteiger partial charge in [0.05, 0.1) is 5.52 Å². The monoisotopic (exact) mass is 242 g/mol. The second-order valence-electron chi connectivity index (χ2n) is 5.05. The molecule has 0 saturated heterocycles. The molecular weight excluding hydrogens is 224 g/mol. The number of aromatic nitrogens is 3. The van der Waals surface area contributed by atoms with E-state index in [4.69, 9.17) is 0 Å². The van der Waals surface area contributed by atoms with Gasteiger partial charge in [-0.1, -0.05) is 31.9 Å². The lowest BCUT2D eigenvalue weighted by Gasteiger charge is -2.16. The van der Waals surface area contributed by atoms with Crippen LogP contribution in [0.5, 0.6) is 0 Å². The maximum Gasteiger partial charge on any atom is 0.243 e. The van der Waals surface area contributed by atoms with E-state index in [1.54, 1.807) is 0 Å². The van der Waals surface area contributed by atoms with Crippen molar-refractivity contribution in [1.82, 2.24) is 15.2 Å². The number of rotatable bonds is 5. The zero-order valence-corrected chi connectivity index (χ0v) is 10.6. The smallest absolute Gasteiger partial charge is 0.243 e. The fraction of sp³-hybridized carbons (Fsp3) is 0.500. The van der Waals surface area contributed by atoms with Crippen molar-refractivity contribution in [3.8, 4) is 0 Å². The van der Waals surface area contributed by atoms with Crippen LogP contribution in [-0.4, -0.2) is 21.2 Å². The number of para-hydroxylation sites is 1. The number of nitrogens with one attached hydrogen (secondary N) is 1. The highest BCUT2D eigenvalue weighted by Crippen LogP contribution is 2.34. The van der Waals surface area contributed by atoms with Gasteiger partial charge in [-0.2, -0.15) is 0 Å². The summed E-state index contributed by atoms with van der Waals surface area (Å²) >= 11 is 0. The third kappa shape index (κ3) is 2.58. The van der Waals surface area contributed by atoms with Crippen molar-refractivity contribution in [3.63, 3.8) is 0 Å². The Hall–Kier alpha value is -1.71. The first kappa shape index (κ1) is 11.4. The molecule has 1 aromatic heterocycles. The van der Waals surface area contributed by atoms with Gasteiger partial charge in [0.25, 0.3) is 0 Å². The van der Waals surface area contributed by atoms with Crippen molar-refractivity contribution in [1.29, 1.82) is 0 Å². The van der Waals surface area contributed by atoms with Gasteiger partial charge in [0.1, 0.15) is 5.52 Å². The number of anilines is 1. The van der Waals surface area contributed by atoms with Crippen LogP contribution in [0.4, 0.5) is 5.95 Å². The molecule has 1 saturated carbocycles. The molecule has 1 unspecified atom stereocenters. The van der Waals surface area contributed by atoms with Gasteiger partial charge >= 0.3 is 0 Å². The average Bonchev–Trinajstić information content (AvgIpc) is 3.22. The summed E-state index contributed by atoms with van der Waals surface area (Å²) in [5, 5.41) is 11.7. The molecule has 4 heteroatoms. The molecule has 1 atom stereocenters. The number of benzene rings is 1. The highest BCUT2D eigenvalue weighted by atomic mass is 15.2. The second kappa shape index (κ2) is 4.88. The lowest BCUT2D eigenvalue weighted by atomic mass is 10.1. The van der Waals surface area contributed by atoms with E-state index >= 15 is 0 Å². The van der Waals surface area contributed by atoms with Crippen LogP contribution in [0.15, 0.2) is 24.3 Å². The van der Waals surface area contributed by atoms with Gasteiger partial charge in [-0.3, -0.25) is 0 Å². The van der Waals surface area contributed by atoms with E-state index in [2.05, 4.69) is 27.4 Å². The van der Waals surface area contributed by atoms with Gasteiger partial charge < -0.3 is 5.32 Å². The first-order chi connectivity index (χ1) is 8.85. The first-order valence-electron chi connectivity index (χ1n) is 6.71. The minimum Gasteiger partial charge on any atom is -0.350 e. The van der Waals surface area contributed by atoms with Gasteiger partial charge in [0.2, 0.25) is 5.95 Å². The molecule has 0 aliphatic heterocycles. The van der Waals surface area contributed by atoms with E-state index in [-0.39, 0.29) is 0 Å². The molecule has 1 heterocycles. The van der Waals surface area contributed by atoms with Crippen LogP contribution in [0, 0.1) is 5.92 Å². The van der Waals surface area contributed by atoms with E-state index in [1.807, 2.05) is 24.3 Å². The van der Waals surface area contributed by atoms with Crippen LogP contribution in [0.1, 0.15) is 32.6 Å². The summed E-state index contributed by atoms with van der Waals surface area (Å²) in [6, 6.07) is 8.30. The second-order valence-corrected chi connectivity index (χ2v) is 5.05. The molecule has 0 radical (unpaired) electrons. The van der Waals surface area contributed by atoms with Crippen LogP contribution in [-0.2, 0) is 0 Å². The summed E-state index contributed by atoms with van der Waals surface area (Å²) in [6.45, 7) is 2.20. The maximum absolute atomic E-state index is 4.51. The predicted octanol–water partition coefficient (Wildman–Crippen LogP) is 3.02. The lowest BCUT2D eigenvalue weighted by Crippen LogP contribution is -2.21. The van der Waals surface area contributed by atoms with Crippen molar-refractivity contribution >= 4 is 17.0 Å². The van der Waals surface area contributed by atoms with Gasteiger partial charge in [-0.25, -0.2) is 4.98 Å². The van der Waals surface area contributed by atoms with Gasteiger partial charge in [-0.05, 0) is 30.9 Å². The summed E-state index contributed by atoms with van der Waals surface area (Å²) < 4.78 is 0. The number of nitrogens with zero attached hydrogens (tertiary/aromatic N) is 3. The third-order valence-corrected chi connectivity index (χ3v) is 3.50. The zero-order valence-electron chi connectivity index (χ0n) is 10.6. The summed E-state index contributed by atoms with van der Waals surface area (Å²) in [6.07, 6.45) is 5.10. The number of fused-ring (bicyclic) bond motifs is 1. The van der Waals surface area contributed by atoms with Crippen LogP contribution in [0.25, 0.3) is 11.0 Å². The fourth-order valence-corrected chi connectivity index (χ4v) is 2.21. The molecular formula is C14H18N4. The lowest BCUT2D eigenvalue weighted by molar-refractivity contribution is 0.582. The highest BCUT2D eigenvalue weighted by molar-refractivity contribution is 5.74. The van der Waals surface area contributed by atoms with Crippen molar-refractivity contribution in [2.24, 2.45) is 5.92 Å². The van der Waals surface area contributed by atoms with Crippen LogP contribution < -0.4 is 5.32 Å². The topological polar surface area (TPSA) is 50.7 Å².